The minimum absolute atomic E-state index is 2.05. The van der Waals surface area contributed by atoms with Gasteiger partial charge in [-0.1, -0.05) is 0 Å². The van der Waals surface area contributed by atoms with E-state index in [1.54, 1.807) is 0 Å². The van der Waals surface area contributed by atoms with Crippen LogP contribution < -0.4 is 0 Å². The molecule has 0 aromatic rings. The van der Waals surface area contributed by atoms with Crippen LogP contribution in [0.5, 0.6) is 0 Å². The summed E-state index contributed by atoms with van der Waals surface area (Å²) < 4.78 is 5.92. The zero-order valence-electron chi connectivity index (χ0n) is 7.56. The fraction of sp³-hybridized carbons (Fsp3) is 0.500. The molecule has 0 saturated carbocycles. The summed E-state index contributed by atoms with van der Waals surface area (Å²) in [5.74, 6) is 0. The zero-order valence-corrected chi connectivity index (χ0v) is 14.1. The second-order valence-electron chi connectivity index (χ2n) is 3.41. The predicted octanol–water partition coefficient (Wildman–Crippen LogP) is 2.47. The van der Waals surface area contributed by atoms with Crippen LogP contribution in [0.25, 0.3) is 0 Å². The van der Waals surface area contributed by atoms with Crippen LogP contribution in [0, 0.1) is 20.7 Å². The molecular formula is C8H14SSn2. The average Bonchev–Trinajstić information content (AvgIpc) is 1.86. The quantitative estimate of drug-likeness (QED) is 0.525. The average molecular weight is 380 g/mol. The minimum atomic E-state index is -2.14. The van der Waals surface area contributed by atoms with Crippen molar-refractivity contribution in [3.8, 4) is 20.7 Å². The summed E-state index contributed by atoms with van der Waals surface area (Å²) in [6.07, 6.45) is 13.0. The van der Waals surface area contributed by atoms with Gasteiger partial charge in [0.05, 0.1) is 0 Å². The molecule has 3 heteroatoms. The van der Waals surface area contributed by atoms with Crippen LogP contribution in [0.4, 0.5) is 0 Å². The molecule has 60 valence electrons. The van der Waals surface area contributed by atoms with Gasteiger partial charge in [-0.2, -0.15) is 0 Å². The second kappa shape index (κ2) is 4.34. The maximum absolute atomic E-state index is 5.46. The molecule has 0 nitrogen and oxygen atoms in total. The first-order valence-electron chi connectivity index (χ1n) is 3.49. The Morgan fingerprint density at radius 1 is 0.909 bits per heavy atom. The van der Waals surface area contributed by atoms with Crippen molar-refractivity contribution in [2.24, 2.45) is 0 Å². The third-order valence-electron chi connectivity index (χ3n) is 1.21. The molecule has 0 unspecified atom stereocenters. The molecule has 0 aliphatic heterocycles. The van der Waals surface area contributed by atoms with Gasteiger partial charge in [0.25, 0.3) is 0 Å². The van der Waals surface area contributed by atoms with Crippen molar-refractivity contribution in [1.29, 1.82) is 0 Å². The number of hydrogen-bond donors (Lipinski definition) is 0. The molecule has 0 atom stereocenters. The number of hydrogen-bond acceptors (Lipinski definition) is 1. The van der Waals surface area contributed by atoms with E-state index in [-0.39, 0.29) is 0 Å². The summed E-state index contributed by atoms with van der Waals surface area (Å²) in [6, 6.07) is 0. The standard InChI is InChI=1S/2C2H.4CH3.S.2Sn/c2*1-2;;;;;;;/h2*1H;4*1H3;;;. The van der Waals surface area contributed by atoms with Gasteiger partial charge in [0, 0.05) is 0 Å². The van der Waals surface area contributed by atoms with E-state index in [4.69, 9.17) is 12.8 Å². The van der Waals surface area contributed by atoms with Gasteiger partial charge in [-0.3, -0.25) is 0 Å². The SMILES string of the molecule is C#[C][Sn]([CH3])([CH3])[S][Sn]([CH3])([CH3])[C]#C. The Morgan fingerprint density at radius 3 is 1.36 bits per heavy atom. The number of rotatable bonds is 2. The van der Waals surface area contributed by atoms with E-state index in [2.05, 4.69) is 33.8 Å². The van der Waals surface area contributed by atoms with Crippen LogP contribution in [0.3, 0.4) is 0 Å². The maximum atomic E-state index is 5.46. The summed E-state index contributed by atoms with van der Waals surface area (Å²) >= 11 is -4.27. The summed E-state index contributed by atoms with van der Waals surface area (Å²) in [6.45, 7) is 0. The molecule has 0 heterocycles. The van der Waals surface area contributed by atoms with E-state index < -0.39 is 34.0 Å². The van der Waals surface area contributed by atoms with Crippen LogP contribution in [-0.2, 0) is 0 Å². The van der Waals surface area contributed by atoms with Crippen LogP contribution in [-0.4, -0.2) is 34.0 Å². The molecule has 0 aromatic carbocycles. The molecule has 0 spiro atoms. The van der Waals surface area contributed by atoms with Gasteiger partial charge in [0.2, 0.25) is 0 Å². The summed E-state index contributed by atoms with van der Waals surface area (Å²) in [4.78, 5) is 9.04. The third-order valence-corrected chi connectivity index (χ3v) is 75.1. The van der Waals surface area contributed by atoms with Crippen molar-refractivity contribution < 1.29 is 0 Å². The van der Waals surface area contributed by atoms with Gasteiger partial charge in [-0.25, -0.2) is 0 Å². The molecule has 0 radical (unpaired) electrons. The molecule has 0 aliphatic carbocycles. The molecule has 0 fully saturated rings. The molecule has 0 saturated heterocycles. The van der Waals surface area contributed by atoms with Gasteiger partial charge in [-0.05, 0) is 0 Å². The normalized spacial score (nSPS) is 11.8. The fourth-order valence-electron chi connectivity index (χ4n) is 0.697. The summed E-state index contributed by atoms with van der Waals surface area (Å²) in [5, 5.41) is 0. The van der Waals surface area contributed by atoms with E-state index in [1.165, 1.54) is 0 Å². The molecule has 11 heavy (non-hydrogen) atoms. The third kappa shape index (κ3) is 5.33. The number of terminal acetylenes is 2. The molecule has 0 aliphatic rings. The van der Waals surface area contributed by atoms with Crippen molar-refractivity contribution in [3.63, 3.8) is 0 Å². The van der Waals surface area contributed by atoms with E-state index in [9.17, 15) is 0 Å². The Hall–Kier alpha value is 1.07. The van der Waals surface area contributed by atoms with Crippen molar-refractivity contribution in [2.45, 2.75) is 19.8 Å². The zero-order chi connectivity index (χ0) is 9.12. The van der Waals surface area contributed by atoms with Crippen LogP contribution in [0.1, 0.15) is 0 Å². The van der Waals surface area contributed by atoms with Crippen molar-refractivity contribution in [1.82, 2.24) is 0 Å². The molecule has 0 N–H and O–H groups in total. The Kier molecular flexibility index (Phi) is 4.77. The van der Waals surface area contributed by atoms with Gasteiger partial charge in [0.1, 0.15) is 0 Å². The van der Waals surface area contributed by atoms with E-state index >= 15 is 0 Å². The van der Waals surface area contributed by atoms with Gasteiger partial charge >= 0.3 is 80.6 Å². The first-order valence-corrected chi connectivity index (χ1v) is 25.6. The van der Waals surface area contributed by atoms with E-state index in [0.29, 0.717) is 0 Å². The Bertz CT molecular complexity index is 193. The first-order chi connectivity index (χ1) is 4.83. The fourth-order valence-corrected chi connectivity index (χ4v) is 94.1. The Labute approximate surface area is 79.6 Å². The van der Waals surface area contributed by atoms with Crippen molar-refractivity contribution in [2.75, 3.05) is 0 Å². The Balaban J connectivity index is 4.31. The Morgan fingerprint density at radius 2 is 1.18 bits per heavy atom. The van der Waals surface area contributed by atoms with Crippen LogP contribution >= 0.6 is 6.13 Å². The van der Waals surface area contributed by atoms with Gasteiger partial charge < -0.3 is 0 Å². The van der Waals surface area contributed by atoms with Crippen LogP contribution in [0.15, 0.2) is 0 Å². The molecular weight excluding hydrogens is 366 g/mol. The van der Waals surface area contributed by atoms with E-state index in [1.807, 2.05) is 0 Å². The summed E-state index contributed by atoms with van der Waals surface area (Å²) in [7, 11) is 0. The van der Waals surface area contributed by atoms with E-state index in [0.717, 1.165) is 0 Å². The van der Waals surface area contributed by atoms with Gasteiger partial charge in [0.15, 0.2) is 0 Å². The van der Waals surface area contributed by atoms with Crippen molar-refractivity contribution in [3.05, 3.63) is 0 Å². The first kappa shape index (κ1) is 12.1. The molecule has 0 bridgehead atoms. The monoisotopic (exact) mass is 382 g/mol. The predicted molar refractivity (Wildman–Crippen MR) is 60.2 cm³/mol. The molecule has 0 aromatic heterocycles. The van der Waals surface area contributed by atoms with Crippen LogP contribution in [0.2, 0.25) is 19.8 Å². The van der Waals surface area contributed by atoms with Crippen molar-refractivity contribution >= 4 is 40.1 Å². The summed E-state index contributed by atoms with van der Waals surface area (Å²) in [5.41, 5.74) is 0. The van der Waals surface area contributed by atoms with Gasteiger partial charge in [-0.15, -0.1) is 0 Å². The topological polar surface area (TPSA) is 0 Å². The molecule has 0 rings (SSSR count). The molecule has 0 amide bonds. The second-order valence-corrected chi connectivity index (χ2v) is 49.7.